The second kappa shape index (κ2) is 10.4. The first-order valence-corrected chi connectivity index (χ1v) is 11.9. The zero-order chi connectivity index (χ0) is 25.9. The minimum atomic E-state index is -0.168. The first-order valence-electron chi connectivity index (χ1n) is 11.9. The van der Waals surface area contributed by atoms with Crippen molar-refractivity contribution in [2.24, 2.45) is 0 Å². The van der Waals surface area contributed by atoms with Crippen LogP contribution in [0.5, 0.6) is 34.5 Å². The molecule has 0 aliphatic carbocycles. The minimum Gasteiger partial charge on any atom is -0.497 e. The summed E-state index contributed by atoms with van der Waals surface area (Å²) in [5.41, 5.74) is 3.25. The molecule has 0 bridgehead atoms. The summed E-state index contributed by atoms with van der Waals surface area (Å²) < 4.78 is 33.6. The van der Waals surface area contributed by atoms with Gasteiger partial charge in [0.05, 0.1) is 39.6 Å². The molecule has 3 aromatic carbocycles. The quantitative estimate of drug-likeness (QED) is 0.409. The first-order chi connectivity index (χ1) is 18.0. The molecule has 37 heavy (non-hydrogen) atoms. The van der Waals surface area contributed by atoms with Gasteiger partial charge in [-0.15, -0.1) is 0 Å². The molecule has 2 aliphatic heterocycles. The third kappa shape index (κ3) is 4.80. The van der Waals surface area contributed by atoms with E-state index in [1.165, 1.54) is 0 Å². The summed E-state index contributed by atoms with van der Waals surface area (Å²) in [6.07, 6.45) is 2.50. The molecule has 8 nitrogen and oxygen atoms in total. The Bertz CT molecular complexity index is 1360. The Kier molecular flexibility index (Phi) is 6.92. The second-order valence-corrected chi connectivity index (χ2v) is 8.73. The third-order valence-electron chi connectivity index (χ3n) is 6.57. The van der Waals surface area contributed by atoms with Crippen molar-refractivity contribution in [2.75, 3.05) is 41.7 Å². The maximum atomic E-state index is 13.2. The van der Waals surface area contributed by atoms with Gasteiger partial charge in [-0.05, 0) is 54.5 Å². The average molecular weight is 504 g/mol. The molecule has 0 saturated heterocycles. The van der Waals surface area contributed by atoms with E-state index in [4.69, 9.17) is 28.4 Å². The van der Waals surface area contributed by atoms with Crippen molar-refractivity contribution in [3.8, 4) is 34.5 Å². The maximum absolute atomic E-state index is 13.2. The maximum Gasteiger partial charge on any atom is 0.231 e. The Hall–Kier alpha value is -4.17. The van der Waals surface area contributed by atoms with E-state index in [0.29, 0.717) is 47.6 Å². The number of methoxy groups -OCH3 is 4. The van der Waals surface area contributed by atoms with Gasteiger partial charge in [0.2, 0.25) is 5.78 Å². The molecule has 0 N–H and O–H groups in total. The highest BCUT2D eigenvalue weighted by atomic mass is 16.5. The van der Waals surface area contributed by atoms with E-state index in [-0.39, 0.29) is 11.5 Å². The van der Waals surface area contributed by atoms with Crippen LogP contribution in [0, 0.1) is 0 Å². The van der Waals surface area contributed by atoms with Gasteiger partial charge in [-0.1, -0.05) is 6.07 Å². The smallest absolute Gasteiger partial charge is 0.231 e. The van der Waals surface area contributed by atoms with Gasteiger partial charge in [-0.25, -0.2) is 0 Å². The van der Waals surface area contributed by atoms with Crippen LogP contribution in [0.3, 0.4) is 0 Å². The van der Waals surface area contributed by atoms with E-state index in [1.807, 2.05) is 36.4 Å². The SMILES string of the molecule is COc1ccc(/C=C2\Oc3c(ccc4c3CN(CCc3ccc(OC)c(OC)c3)CO4)C2=O)c(OC)c1. The van der Waals surface area contributed by atoms with Gasteiger partial charge in [0, 0.05) is 24.7 Å². The molecular formula is C29H29NO7. The average Bonchev–Trinajstić information content (AvgIpc) is 3.26. The Morgan fingerprint density at radius 1 is 0.892 bits per heavy atom. The lowest BCUT2D eigenvalue weighted by molar-refractivity contribution is 0.0949. The van der Waals surface area contributed by atoms with Crippen LogP contribution in [-0.4, -0.2) is 52.4 Å². The van der Waals surface area contributed by atoms with Gasteiger partial charge < -0.3 is 28.4 Å². The molecule has 5 rings (SSSR count). The highest BCUT2D eigenvalue weighted by molar-refractivity contribution is 6.15. The number of benzene rings is 3. The topological polar surface area (TPSA) is 75.7 Å². The fourth-order valence-electron chi connectivity index (χ4n) is 4.55. The van der Waals surface area contributed by atoms with Gasteiger partial charge in [0.15, 0.2) is 17.3 Å². The lowest BCUT2D eigenvalue weighted by Gasteiger charge is -2.29. The number of hydrogen-bond acceptors (Lipinski definition) is 8. The predicted octanol–water partition coefficient (Wildman–Crippen LogP) is 4.73. The van der Waals surface area contributed by atoms with Crippen molar-refractivity contribution < 1.29 is 33.2 Å². The van der Waals surface area contributed by atoms with Gasteiger partial charge in [-0.3, -0.25) is 9.69 Å². The monoisotopic (exact) mass is 503 g/mol. The van der Waals surface area contributed by atoms with E-state index in [9.17, 15) is 4.79 Å². The second-order valence-electron chi connectivity index (χ2n) is 8.73. The van der Waals surface area contributed by atoms with Crippen LogP contribution in [0.25, 0.3) is 6.08 Å². The third-order valence-corrected chi connectivity index (χ3v) is 6.57. The summed E-state index contributed by atoms with van der Waals surface area (Å²) in [4.78, 5) is 15.4. The number of Topliss-reactive ketones (excluding diaryl/α,β-unsaturated/α-hetero) is 1. The number of rotatable bonds is 8. The highest BCUT2D eigenvalue weighted by Gasteiger charge is 2.33. The van der Waals surface area contributed by atoms with Crippen molar-refractivity contribution in [2.45, 2.75) is 13.0 Å². The summed E-state index contributed by atoms with van der Waals surface area (Å²) in [7, 11) is 6.43. The van der Waals surface area contributed by atoms with Crippen molar-refractivity contribution in [3.05, 3.63) is 76.5 Å². The summed E-state index contributed by atoms with van der Waals surface area (Å²) in [5.74, 6) is 4.03. The molecule has 2 heterocycles. The number of carbonyl (C=O) groups is 1. The molecule has 0 saturated carbocycles. The molecular weight excluding hydrogens is 474 g/mol. The number of hydrogen-bond donors (Lipinski definition) is 0. The zero-order valence-corrected chi connectivity index (χ0v) is 21.3. The van der Waals surface area contributed by atoms with Crippen molar-refractivity contribution >= 4 is 11.9 Å². The Balaban J connectivity index is 1.34. The number of fused-ring (bicyclic) bond motifs is 3. The molecule has 0 amide bonds. The predicted molar refractivity (Wildman–Crippen MR) is 138 cm³/mol. The van der Waals surface area contributed by atoms with Crippen LogP contribution in [0.15, 0.2) is 54.3 Å². The molecule has 2 aliphatic rings. The van der Waals surface area contributed by atoms with Gasteiger partial charge in [-0.2, -0.15) is 0 Å². The number of ether oxygens (including phenoxy) is 6. The number of ketones is 1. The van der Waals surface area contributed by atoms with Crippen molar-refractivity contribution in [3.63, 3.8) is 0 Å². The van der Waals surface area contributed by atoms with Crippen LogP contribution >= 0.6 is 0 Å². The largest absolute Gasteiger partial charge is 0.497 e. The Morgan fingerprint density at radius 3 is 2.46 bits per heavy atom. The first kappa shape index (κ1) is 24.5. The highest BCUT2D eigenvalue weighted by Crippen LogP contribution is 2.42. The molecule has 192 valence electrons. The van der Waals surface area contributed by atoms with E-state index in [1.54, 1.807) is 46.6 Å². The van der Waals surface area contributed by atoms with E-state index >= 15 is 0 Å². The lowest BCUT2D eigenvalue weighted by Crippen LogP contribution is -2.33. The molecule has 0 unspecified atom stereocenters. The molecule has 0 atom stereocenters. The number of allylic oxidation sites excluding steroid dienone is 1. The van der Waals surface area contributed by atoms with Crippen LogP contribution in [0.1, 0.15) is 27.0 Å². The lowest BCUT2D eigenvalue weighted by atomic mass is 10.0. The van der Waals surface area contributed by atoms with Crippen molar-refractivity contribution in [1.29, 1.82) is 0 Å². The van der Waals surface area contributed by atoms with Crippen LogP contribution < -0.4 is 28.4 Å². The molecule has 8 heteroatoms. The summed E-state index contributed by atoms with van der Waals surface area (Å²) in [5, 5.41) is 0. The normalized spacial score (nSPS) is 15.5. The Morgan fingerprint density at radius 2 is 1.70 bits per heavy atom. The Labute approximate surface area is 215 Å². The fraction of sp³-hybridized carbons (Fsp3) is 0.276. The van der Waals surface area contributed by atoms with Crippen LogP contribution in [0.2, 0.25) is 0 Å². The standard InChI is InChI=1S/C29H29NO7/c1-32-20-7-6-19(25(15-20)34-3)14-27-28(31)21-8-10-23-22(29(21)37-27)16-30(17-36-23)12-11-18-5-9-24(33-2)26(13-18)35-4/h5-10,13-15H,11-12,16-17H2,1-4H3/b27-14-. The minimum absolute atomic E-state index is 0.168. The van der Waals surface area contributed by atoms with Crippen LogP contribution in [0.4, 0.5) is 0 Å². The molecule has 0 radical (unpaired) electrons. The van der Waals surface area contributed by atoms with E-state index in [2.05, 4.69) is 4.90 Å². The van der Waals surface area contributed by atoms with E-state index < -0.39 is 0 Å². The van der Waals surface area contributed by atoms with Crippen LogP contribution in [-0.2, 0) is 13.0 Å². The fourth-order valence-corrected chi connectivity index (χ4v) is 4.55. The zero-order valence-electron chi connectivity index (χ0n) is 21.3. The molecule has 0 spiro atoms. The molecule has 0 aromatic heterocycles. The van der Waals surface area contributed by atoms with Crippen molar-refractivity contribution in [1.82, 2.24) is 4.90 Å². The summed E-state index contributed by atoms with van der Waals surface area (Å²) in [6.45, 7) is 1.83. The van der Waals surface area contributed by atoms with Gasteiger partial charge in [0.1, 0.15) is 29.7 Å². The number of nitrogens with zero attached hydrogens (tertiary/aromatic N) is 1. The summed E-state index contributed by atoms with van der Waals surface area (Å²) in [6, 6.07) is 15.0. The van der Waals surface area contributed by atoms with Gasteiger partial charge >= 0.3 is 0 Å². The molecule has 3 aromatic rings. The summed E-state index contributed by atoms with van der Waals surface area (Å²) >= 11 is 0. The number of carbonyl (C=O) groups excluding carboxylic acids is 1. The molecule has 0 fully saturated rings. The van der Waals surface area contributed by atoms with Gasteiger partial charge in [0.25, 0.3) is 0 Å². The van der Waals surface area contributed by atoms with E-state index in [0.717, 1.165) is 35.4 Å².